The van der Waals surface area contributed by atoms with E-state index in [9.17, 15) is 5.11 Å². The number of nitrogens with zero attached hydrogens (tertiary/aromatic N) is 1. The summed E-state index contributed by atoms with van der Waals surface area (Å²) in [6.07, 6.45) is 0. The molecular weight excluding hydrogens is 196 g/mol. The Labute approximate surface area is 85.5 Å². The summed E-state index contributed by atoms with van der Waals surface area (Å²) in [6.45, 7) is 1.78. The van der Waals surface area contributed by atoms with Crippen molar-refractivity contribution in [2.75, 3.05) is 0 Å². The fraction of sp³-hybridized carbons (Fsp3) is 0.100. The van der Waals surface area contributed by atoms with Crippen LogP contribution in [0.4, 0.5) is 0 Å². The third-order valence-corrected chi connectivity index (χ3v) is 3.36. The van der Waals surface area contributed by atoms with Crippen LogP contribution in [0, 0.1) is 0 Å². The number of benzene rings is 1. The average molecular weight is 206 g/mol. The first-order valence-electron chi connectivity index (χ1n) is 4.19. The SMILES string of the molecule is CC(=NN)c1sc2ccccc2c1O. The normalized spacial score (nSPS) is 12.2. The molecule has 0 bridgehead atoms. The first kappa shape index (κ1) is 9.02. The molecule has 1 aromatic heterocycles. The lowest BCUT2D eigenvalue weighted by Crippen LogP contribution is -1.95. The van der Waals surface area contributed by atoms with E-state index in [4.69, 9.17) is 5.84 Å². The molecule has 0 amide bonds. The van der Waals surface area contributed by atoms with Crippen molar-refractivity contribution in [2.45, 2.75) is 6.92 Å². The molecule has 2 rings (SSSR count). The van der Waals surface area contributed by atoms with Crippen LogP contribution in [-0.4, -0.2) is 10.8 Å². The van der Waals surface area contributed by atoms with Crippen molar-refractivity contribution in [1.29, 1.82) is 0 Å². The Balaban J connectivity index is 2.75. The van der Waals surface area contributed by atoms with Crippen LogP contribution in [0.15, 0.2) is 29.4 Å². The van der Waals surface area contributed by atoms with Gasteiger partial charge in [0.1, 0.15) is 5.75 Å². The molecule has 0 aliphatic rings. The van der Waals surface area contributed by atoms with E-state index in [1.165, 1.54) is 11.3 Å². The van der Waals surface area contributed by atoms with Gasteiger partial charge in [0.15, 0.2) is 0 Å². The smallest absolute Gasteiger partial charge is 0.143 e. The highest BCUT2D eigenvalue weighted by Gasteiger charge is 2.12. The number of hydrazone groups is 1. The Kier molecular flexibility index (Phi) is 2.13. The summed E-state index contributed by atoms with van der Waals surface area (Å²) in [5, 5.41) is 14.3. The highest BCUT2D eigenvalue weighted by Crippen LogP contribution is 2.36. The second-order valence-electron chi connectivity index (χ2n) is 2.99. The van der Waals surface area contributed by atoms with Crippen molar-refractivity contribution in [1.82, 2.24) is 0 Å². The summed E-state index contributed by atoms with van der Waals surface area (Å²) in [6, 6.07) is 7.69. The molecule has 0 aliphatic heterocycles. The van der Waals surface area contributed by atoms with Gasteiger partial charge in [0.05, 0.1) is 10.6 Å². The van der Waals surface area contributed by atoms with Gasteiger partial charge >= 0.3 is 0 Å². The van der Waals surface area contributed by atoms with Crippen LogP contribution in [0.25, 0.3) is 10.1 Å². The lowest BCUT2D eigenvalue weighted by molar-refractivity contribution is 0.482. The molecule has 1 aromatic carbocycles. The summed E-state index contributed by atoms with van der Waals surface area (Å²) >= 11 is 1.50. The molecular formula is C10H10N2OS. The molecule has 3 N–H and O–H groups in total. The Hall–Kier alpha value is -1.55. The van der Waals surface area contributed by atoms with Crippen molar-refractivity contribution < 1.29 is 5.11 Å². The Morgan fingerprint density at radius 1 is 1.43 bits per heavy atom. The molecule has 4 heteroatoms. The van der Waals surface area contributed by atoms with E-state index in [0.717, 1.165) is 15.0 Å². The lowest BCUT2D eigenvalue weighted by atomic mass is 10.2. The predicted molar refractivity (Wildman–Crippen MR) is 59.9 cm³/mol. The third-order valence-electron chi connectivity index (χ3n) is 2.09. The molecule has 2 aromatic rings. The van der Waals surface area contributed by atoms with Crippen LogP contribution >= 0.6 is 11.3 Å². The maximum atomic E-state index is 9.87. The topological polar surface area (TPSA) is 58.6 Å². The molecule has 0 saturated heterocycles. The summed E-state index contributed by atoms with van der Waals surface area (Å²) in [5.41, 5.74) is 0.656. The van der Waals surface area contributed by atoms with E-state index >= 15 is 0 Å². The van der Waals surface area contributed by atoms with Crippen molar-refractivity contribution in [3.63, 3.8) is 0 Å². The summed E-state index contributed by atoms with van der Waals surface area (Å²) in [4.78, 5) is 0.744. The van der Waals surface area contributed by atoms with Crippen LogP contribution < -0.4 is 5.84 Å². The number of hydrogen-bond donors (Lipinski definition) is 2. The van der Waals surface area contributed by atoms with Crippen molar-refractivity contribution in [2.24, 2.45) is 10.9 Å². The number of fused-ring (bicyclic) bond motifs is 1. The summed E-state index contributed by atoms with van der Waals surface area (Å²) in [7, 11) is 0. The van der Waals surface area contributed by atoms with Crippen LogP contribution in [0.1, 0.15) is 11.8 Å². The highest BCUT2D eigenvalue weighted by atomic mass is 32.1. The quantitative estimate of drug-likeness (QED) is 0.427. The molecule has 0 aliphatic carbocycles. The molecule has 0 fully saturated rings. The number of aromatic hydroxyl groups is 1. The molecule has 0 unspecified atom stereocenters. The van der Waals surface area contributed by atoms with Gasteiger partial charge in [0, 0.05) is 10.1 Å². The predicted octanol–water partition coefficient (Wildman–Crippen LogP) is 2.29. The maximum absolute atomic E-state index is 9.87. The van der Waals surface area contributed by atoms with Gasteiger partial charge < -0.3 is 10.9 Å². The van der Waals surface area contributed by atoms with Crippen LogP contribution in [0.5, 0.6) is 5.75 Å². The second kappa shape index (κ2) is 3.31. The first-order chi connectivity index (χ1) is 6.74. The minimum Gasteiger partial charge on any atom is -0.506 e. The largest absolute Gasteiger partial charge is 0.506 e. The molecule has 72 valence electrons. The van der Waals surface area contributed by atoms with Crippen LogP contribution in [0.2, 0.25) is 0 Å². The van der Waals surface area contributed by atoms with E-state index in [2.05, 4.69) is 5.10 Å². The van der Waals surface area contributed by atoms with E-state index in [1.54, 1.807) is 6.92 Å². The molecule has 0 radical (unpaired) electrons. The molecule has 1 heterocycles. The van der Waals surface area contributed by atoms with Crippen LogP contribution in [0.3, 0.4) is 0 Å². The van der Waals surface area contributed by atoms with Crippen molar-refractivity contribution >= 4 is 27.1 Å². The minimum atomic E-state index is 0.275. The molecule has 0 atom stereocenters. The zero-order valence-electron chi connectivity index (χ0n) is 7.69. The van der Waals surface area contributed by atoms with Gasteiger partial charge in [0.2, 0.25) is 0 Å². The zero-order chi connectivity index (χ0) is 10.1. The number of hydrogen-bond acceptors (Lipinski definition) is 4. The van der Waals surface area contributed by atoms with Crippen LogP contribution in [-0.2, 0) is 0 Å². The van der Waals surface area contributed by atoms with Gasteiger partial charge in [-0.1, -0.05) is 12.1 Å². The monoisotopic (exact) mass is 206 g/mol. The molecule has 3 nitrogen and oxygen atoms in total. The minimum absolute atomic E-state index is 0.275. The zero-order valence-corrected chi connectivity index (χ0v) is 8.51. The fourth-order valence-electron chi connectivity index (χ4n) is 1.34. The standard InChI is InChI=1S/C10H10N2OS/c1-6(12-11)10-9(13)7-4-2-3-5-8(7)14-10/h2-5,13H,11H2,1H3. The van der Waals surface area contributed by atoms with E-state index in [-0.39, 0.29) is 5.75 Å². The third kappa shape index (κ3) is 1.24. The molecule has 14 heavy (non-hydrogen) atoms. The Morgan fingerprint density at radius 2 is 2.14 bits per heavy atom. The molecule has 0 saturated carbocycles. The van der Waals surface area contributed by atoms with E-state index in [0.29, 0.717) is 5.71 Å². The highest BCUT2D eigenvalue weighted by molar-refractivity contribution is 7.21. The Morgan fingerprint density at radius 3 is 2.79 bits per heavy atom. The number of nitrogens with two attached hydrogens (primary N) is 1. The summed E-state index contributed by atoms with van der Waals surface area (Å²) < 4.78 is 1.04. The fourth-order valence-corrected chi connectivity index (χ4v) is 2.38. The van der Waals surface area contributed by atoms with Gasteiger partial charge in [-0.15, -0.1) is 11.3 Å². The van der Waals surface area contributed by atoms with Crippen molar-refractivity contribution in [3.8, 4) is 5.75 Å². The number of thiophene rings is 1. The van der Waals surface area contributed by atoms with Gasteiger partial charge in [0.25, 0.3) is 0 Å². The Bertz CT molecular complexity index is 502. The first-order valence-corrected chi connectivity index (χ1v) is 5.01. The average Bonchev–Trinajstić information content (AvgIpc) is 2.56. The second-order valence-corrected chi connectivity index (χ2v) is 4.04. The lowest BCUT2D eigenvalue weighted by Gasteiger charge is -1.94. The molecule has 0 spiro atoms. The van der Waals surface area contributed by atoms with Gasteiger partial charge in [-0.25, -0.2) is 0 Å². The van der Waals surface area contributed by atoms with Gasteiger partial charge in [-0.05, 0) is 19.1 Å². The van der Waals surface area contributed by atoms with Gasteiger partial charge in [-0.2, -0.15) is 5.10 Å². The van der Waals surface area contributed by atoms with E-state index in [1.807, 2.05) is 24.3 Å². The van der Waals surface area contributed by atoms with E-state index < -0.39 is 0 Å². The van der Waals surface area contributed by atoms with Crippen molar-refractivity contribution in [3.05, 3.63) is 29.1 Å². The maximum Gasteiger partial charge on any atom is 0.143 e. The van der Waals surface area contributed by atoms with Gasteiger partial charge in [-0.3, -0.25) is 0 Å². The summed E-state index contributed by atoms with van der Waals surface area (Å²) in [5.74, 6) is 5.45. The number of rotatable bonds is 1.